The Balaban J connectivity index is 2.05. The monoisotopic (exact) mass is 329 g/mol. The Morgan fingerprint density at radius 1 is 1.22 bits per heavy atom. The van der Waals surface area contributed by atoms with Crippen LogP contribution in [0.4, 0.5) is 5.69 Å². The number of carbonyl (C=O) groups is 1. The van der Waals surface area contributed by atoms with Gasteiger partial charge in [0.25, 0.3) is 5.91 Å². The van der Waals surface area contributed by atoms with E-state index in [1.54, 1.807) is 18.7 Å². The number of amides is 1. The minimum atomic E-state index is -0.559. The fourth-order valence-electron chi connectivity index (χ4n) is 2.26. The van der Waals surface area contributed by atoms with Crippen molar-refractivity contribution in [3.63, 3.8) is 0 Å². The van der Waals surface area contributed by atoms with E-state index in [1.165, 1.54) is 5.56 Å². The quantitative estimate of drug-likeness (QED) is 0.772. The Morgan fingerprint density at radius 3 is 2.65 bits per heavy atom. The molecule has 1 atom stereocenters. The fourth-order valence-corrected chi connectivity index (χ4v) is 3.02. The van der Waals surface area contributed by atoms with Gasteiger partial charge < -0.3 is 10.1 Å². The molecule has 0 aliphatic heterocycles. The van der Waals surface area contributed by atoms with Gasteiger partial charge in [0.05, 0.1) is 5.69 Å². The van der Waals surface area contributed by atoms with E-state index in [0.717, 1.165) is 27.6 Å². The second-order valence-corrected chi connectivity index (χ2v) is 6.75. The second-order valence-electron chi connectivity index (χ2n) is 5.45. The van der Waals surface area contributed by atoms with E-state index in [9.17, 15) is 4.79 Å². The summed E-state index contributed by atoms with van der Waals surface area (Å²) in [5, 5.41) is 2.96. The van der Waals surface area contributed by atoms with Crippen LogP contribution in [0.15, 0.2) is 47.4 Å². The highest BCUT2D eigenvalue weighted by Gasteiger charge is 2.17. The van der Waals surface area contributed by atoms with Crippen molar-refractivity contribution in [2.24, 2.45) is 0 Å². The van der Waals surface area contributed by atoms with Gasteiger partial charge in [-0.1, -0.05) is 36.8 Å². The van der Waals surface area contributed by atoms with Crippen molar-refractivity contribution in [2.75, 3.05) is 11.1 Å². The van der Waals surface area contributed by atoms with E-state index in [1.807, 2.05) is 56.3 Å². The van der Waals surface area contributed by atoms with Crippen LogP contribution in [0.2, 0.25) is 0 Å². The zero-order valence-corrected chi connectivity index (χ0v) is 14.9. The summed E-state index contributed by atoms with van der Waals surface area (Å²) in [5.41, 5.74) is 3.05. The minimum Gasteiger partial charge on any atom is -0.481 e. The van der Waals surface area contributed by atoms with Gasteiger partial charge in [-0.2, -0.15) is 0 Å². The lowest BCUT2D eigenvalue weighted by atomic mass is 10.1. The number of hydrogen-bond donors (Lipinski definition) is 1. The third kappa shape index (κ3) is 4.76. The zero-order valence-electron chi connectivity index (χ0n) is 14.1. The van der Waals surface area contributed by atoms with Gasteiger partial charge in [0.1, 0.15) is 5.75 Å². The van der Waals surface area contributed by atoms with Crippen LogP contribution in [0, 0.1) is 13.8 Å². The summed E-state index contributed by atoms with van der Waals surface area (Å²) in [6.45, 7) is 7.88. The van der Waals surface area contributed by atoms with Gasteiger partial charge in [0, 0.05) is 4.90 Å². The van der Waals surface area contributed by atoms with Crippen LogP contribution in [-0.2, 0) is 4.79 Å². The number of anilines is 1. The molecule has 0 heterocycles. The number of hydrogen-bond acceptors (Lipinski definition) is 3. The van der Waals surface area contributed by atoms with Gasteiger partial charge in [-0.05, 0) is 50.3 Å². The van der Waals surface area contributed by atoms with Crippen molar-refractivity contribution in [1.82, 2.24) is 0 Å². The maximum Gasteiger partial charge on any atom is 0.265 e. The second kappa shape index (κ2) is 8.06. The van der Waals surface area contributed by atoms with Gasteiger partial charge in [-0.25, -0.2) is 0 Å². The average molecular weight is 329 g/mol. The molecule has 0 aliphatic carbocycles. The largest absolute Gasteiger partial charge is 0.481 e. The highest BCUT2D eigenvalue weighted by Crippen LogP contribution is 2.27. The molecular formula is C19H23NO2S. The average Bonchev–Trinajstić information content (AvgIpc) is 2.52. The van der Waals surface area contributed by atoms with Crippen molar-refractivity contribution in [2.45, 2.75) is 38.7 Å². The molecule has 0 unspecified atom stereocenters. The molecule has 0 saturated carbocycles. The minimum absolute atomic E-state index is 0.144. The van der Waals surface area contributed by atoms with Crippen molar-refractivity contribution < 1.29 is 9.53 Å². The van der Waals surface area contributed by atoms with Crippen LogP contribution in [0.5, 0.6) is 5.75 Å². The first-order valence-corrected chi connectivity index (χ1v) is 8.76. The summed E-state index contributed by atoms with van der Waals surface area (Å²) in [6, 6.07) is 13.8. The molecule has 2 aromatic carbocycles. The smallest absolute Gasteiger partial charge is 0.265 e. The molecule has 0 spiro atoms. The van der Waals surface area contributed by atoms with Crippen molar-refractivity contribution in [1.29, 1.82) is 0 Å². The molecule has 4 heteroatoms. The first-order chi connectivity index (χ1) is 11.0. The maximum atomic E-state index is 12.4. The topological polar surface area (TPSA) is 38.3 Å². The molecule has 1 N–H and O–H groups in total. The van der Waals surface area contributed by atoms with E-state index in [4.69, 9.17) is 4.74 Å². The van der Waals surface area contributed by atoms with Gasteiger partial charge in [-0.15, -0.1) is 11.8 Å². The van der Waals surface area contributed by atoms with Crippen molar-refractivity contribution in [3.05, 3.63) is 53.6 Å². The Bertz CT molecular complexity index is 685. The van der Waals surface area contributed by atoms with E-state index in [-0.39, 0.29) is 5.91 Å². The van der Waals surface area contributed by atoms with Crippen LogP contribution in [0.25, 0.3) is 0 Å². The lowest BCUT2D eigenvalue weighted by molar-refractivity contribution is -0.122. The van der Waals surface area contributed by atoms with E-state index >= 15 is 0 Å². The van der Waals surface area contributed by atoms with E-state index in [0.29, 0.717) is 0 Å². The molecule has 1 amide bonds. The molecule has 0 aliphatic rings. The summed E-state index contributed by atoms with van der Waals surface area (Å²) in [7, 11) is 0. The van der Waals surface area contributed by atoms with Crippen molar-refractivity contribution >= 4 is 23.4 Å². The Kier molecular flexibility index (Phi) is 6.11. The number of ether oxygens (including phenoxy) is 1. The SMILES string of the molecule is CCSc1ccccc1NC(=O)[C@@H](C)Oc1ccc(C)cc1C. The van der Waals surface area contributed by atoms with Crippen LogP contribution >= 0.6 is 11.8 Å². The third-order valence-electron chi connectivity index (χ3n) is 3.45. The molecule has 122 valence electrons. The fraction of sp³-hybridized carbons (Fsp3) is 0.316. The number of aryl methyl sites for hydroxylation is 2. The highest BCUT2D eigenvalue weighted by atomic mass is 32.2. The number of para-hydroxylation sites is 1. The van der Waals surface area contributed by atoms with Crippen molar-refractivity contribution in [3.8, 4) is 5.75 Å². The molecule has 23 heavy (non-hydrogen) atoms. The first-order valence-electron chi connectivity index (χ1n) is 7.78. The van der Waals surface area contributed by atoms with Gasteiger partial charge in [0.2, 0.25) is 0 Å². The standard InChI is InChI=1S/C19H23NO2S/c1-5-23-18-9-7-6-8-16(18)20-19(21)15(4)22-17-11-10-13(2)12-14(17)3/h6-12,15H,5H2,1-4H3,(H,20,21)/t15-/m1/s1. The number of nitrogens with one attached hydrogen (secondary N) is 1. The summed E-state index contributed by atoms with van der Waals surface area (Å²) in [6.07, 6.45) is -0.559. The number of carbonyl (C=O) groups excluding carboxylic acids is 1. The molecule has 2 rings (SSSR count). The molecule has 0 bridgehead atoms. The zero-order chi connectivity index (χ0) is 16.8. The van der Waals surface area contributed by atoms with E-state index in [2.05, 4.69) is 12.2 Å². The van der Waals surface area contributed by atoms with Crippen LogP contribution in [0.1, 0.15) is 25.0 Å². The highest BCUT2D eigenvalue weighted by molar-refractivity contribution is 7.99. The first kappa shape index (κ1) is 17.4. The lowest BCUT2D eigenvalue weighted by Gasteiger charge is -2.17. The Hall–Kier alpha value is -1.94. The molecule has 0 saturated heterocycles. The van der Waals surface area contributed by atoms with E-state index < -0.39 is 6.10 Å². The normalized spacial score (nSPS) is 11.8. The summed E-state index contributed by atoms with van der Waals surface area (Å²) >= 11 is 1.71. The summed E-state index contributed by atoms with van der Waals surface area (Å²) in [5.74, 6) is 1.56. The number of thioether (sulfide) groups is 1. The molecule has 0 aromatic heterocycles. The van der Waals surface area contributed by atoms with Gasteiger partial charge >= 0.3 is 0 Å². The van der Waals surface area contributed by atoms with Gasteiger partial charge in [0.15, 0.2) is 6.10 Å². The lowest BCUT2D eigenvalue weighted by Crippen LogP contribution is -2.30. The third-order valence-corrected chi connectivity index (χ3v) is 4.40. The summed E-state index contributed by atoms with van der Waals surface area (Å²) in [4.78, 5) is 13.5. The number of rotatable bonds is 6. The van der Waals surface area contributed by atoms with Crippen LogP contribution in [0.3, 0.4) is 0 Å². The summed E-state index contributed by atoms with van der Waals surface area (Å²) < 4.78 is 5.82. The predicted octanol–water partition coefficient (Wildman–Crippen LogP) is 4.82. The Labute approximate surface area is 142 Å². The number of benzene rings is 2. The molecule has 2 aromatic rings. The molecular weight excluding hydrogens is 306 g/mol. The van der Waals surface area contributed by atoms with Gasteiger partial charge in [-0.3, -0.25) is 4.79 Å². The maximum absolute atomic E-state index is 12.4. The molecule has 0 radical (unpaired) electrons. The van der Waals surface area contributed by atoms with Crippen LogP contribution in [-0.4, -0.2) is 17.8 Å². The Morgan fingerprint density at radius 2 is 1.96 bits per heavy atom. The predicted molar refractivity (Wildman–Crippen MR) is 97.5 cm³/mol. The molecule has 3 nitrogen and oxygen atoms in total. The van der Waals surface area contributed by atoms with Crippen LogP contribution < -0.4 is 10.1 Å². The molecule has 0 fully saturated rings.